The van der Waals surface area contributed by atoms with E-state index in [1.165, 1.54) is 6.07 Å². The van der Waals surface area contributed by atoms with Crippen LogP contribution in [0.3, 0.4) is 0 Å². The van der Waals surface area contributed by atoms with Crippen LogP contribution in [0.1, 0.15) is 30.8 Å². The molecule has 1 aromatic rings. The maximum Gasteiger partial charge on any atom is 0.267 e. The van der Waals surface area contributed by atoms with Gasteiger partial charge in [0, 0.05) is 18.6 Å². The van der Waals surface area contributed by atoms with Crippen LogP contribution < -0.4 is 16.8 Å². The Morgan fingerprint density at radius 1 is 1.53 bits per heavy atom. The Hall–Kier alpha value is -1.82. The molecule has 2 atom stereocenters. The number of methoxy groups -OCH3 is 1. The zero-order chi connectivity index (χ0) is 14.2. The Bertz CT molecular complexity index is 501. The van der Waals surface area contributed by atoms with E-state index in [-0.39, 0.29) is 23.3 Å². The van der Waals surface area contributed by atoms with E-state index in [9.17, 15) is 4.79 Å². The maximum atomic E-state index is 11.1. The zero-order valence-electron chi connectivity index (χ0n) is 11.4. The first-order valence-electron chi connectivity index (χ1n) is 6.22. The van der Waals surface area contributed by atoms with E-state index in [0.29, 0.717) is 11.5 Å². The summed E-state index contributed by atoms with van der Waals surface area (Å²) in [5.41, 5.74) is 11.8. The minimum Gasteiger partial charge on any atom is -0.396 e. The molecule has 2 unspecified atom stereocenters. The summed E-state index contributed by atoms with van der Waals surface area (Å²) in [5.74, 6) is -0.0605. The lowest BCUT2D eigenvalue weighted by atomic mass is 9.64. The first-order chi connectivity index (χ1) is 8.86. The summed E-state index contributed by atoms with van der Waals surface area (Å²) in [7, 11) is 1.71. The molecule has 6 heteroatoms. The lowest BCUT2D eigenvalue weighted by Gasteiger charge is -2.51. The monoisotopic (exact) mass is 264 g/mol. The van der Waals surface area contributed by atoms with E-state index in [0.717, 1.165) is 6.42 Å². The van der Waals surface area contributed by atoms with Crippen molar-refractivity contribution in [3.63, 3.8) is 0 Å². The number of hydrogen-bond donors (Lipinski definition) is 3. The number of carbonyl (C=O) groups excluding carboxylic acids is 1. The van der Waals surface area contributed by atoms with Crippen molar-refractivity contribution in [1.29, 1.82) is 0 Å². The molecule has 0 saturated heterocycles. The Balaban J connectivity index is 2.16. The topological polar surface area (TPSA) is 103 Å². The van der Waals surface area contributed by atoms with Crippen molar-refractivity contribution in [2.24, 2.45) is 11.1 Å². The summed E-state index contributed by atoms with van der Waals surface area (Å²) in [5, 5.41) is 3.27. The highest BCUT2D eigenvalue weighted by molar-refractivity contribution is 5.91. The van der Waals surface area contributed by atoms with Gasteiger partial charge in [0.2, 0.25) is 0 Å². The number of nitrogen functional groups attached to an aromatic ring is 1. The van der Waals surface area contributed by atoms with Gasteiger partial charge in [-0.2, -0.15) is 0 Å². The van der Waals surface area contributed by atoms with Crippen molar-refractivity contribution in [2.45, 2.75) is 32.4 Å². The average Bonchev–Trinajstić information content (AvgIpc) is 2.35. The first kappa shape index (κ1) is 13.6. The molecule has 0 radical (unpaired) electrons. The molecule has 1 saturated carbocycles. The van der Waals surface area contributed by atoms with E-state index in [1.54, 1.807) is 13.2 Å². The number of ether oxygens (including phenoxy) is 1. The Morgan fingerprint density at radius 2 is 2.21 bits per heavy atom. The van der Waals surface area contributed by atoms with Crippen LogP contribution in [0.2, 0.25) is 0 Å². The molecule has 0 spiro atoms. The van der Waals surface area contributed by atoms with Crippen LogP contribution in [-0.2, 0) is 4.74 Å². The molecule has 1 aliphatic carbocycles. The van der Waals surface area contributed by atoms with Gasteiger partial charge in [-0.1, -0.05) is 13.8 Å². The van der Waals surface area contributed by atoms with E-state index >= 15 is 0 Å². The van der Waals surface area contributed by atoms with Crippen molar-refractivity contribution < 1.29 is 9.53 Å². The second-order valence-electron chi connectivity index (χ2n) is 5.48. The van der Waals surface area contributed by atoms with Gasteiger partial charge in [-0.15, -0.1) is 0 Å². The summed E-state index contributed by atoms with van der Waals surface area (Å²) >= 11 is 0. The van der Waals surface area contributed by atoms with Gasteiger partial charge in [0.05, 0.1) is 11.8 Å². The fourth-order valence-corrected chi connectivity index (χ4v) is 2.42. The summed E-state index contributed by atoms with van der Waals surface area (Å²) in [4.78, 5) is 15.3. The highest BCUT2D eigenvalue weighted by Crippen LogP contribution is 2.44. The van der Waals surface area contributed by atoms with E-state index < -0.39 is 5.91 Å². The molecule has 0 aliphatic heterocycles. The minimum atomic E-state index is -0.564. The molecule has 5 N–H and O–H groups in total. The third-order valence-corrected chi connectivity index (χ3v) is 3.95. The van der Waals surface area contributed by atoms with Crippen LogP contribution in [0.15, 0.2) is 12.1 Å². The smallest absolute Gasteiger partial charge is 0.267 e. The largest absolute Gasteiger partial charge is 0.396 e. The van der Waals surface area contributed by atoms with E-state index in [4.69, 9.17) is 16.2 Å². The summed E-state index contributed by atoms with van der Waals surface area (Å²) in [6.07, 6.45) is 1.09. The van der Waals surface area contributed by atoms with Crippen LogP contribution in [0.5, 0.6) is 0 Å². The van der Waals surface area contributed by atoms with Gasteiger partial charge < -0.3 is 21.5 Å². The van der Waals surface area contributed by atoms with Crippen LogP contribution in [0.25, 0.3) is 0 Å². The van der Waals surface area contributed by atoms with Crippen molar-refractivity contribution in [1.82, 2.24) is 4.98 Å². The molecule has 104 valence electrons. The molecule has 1 aliphatic rings. The van der Waals surface area contributed by atoms with Crippen molar-refractivity contribution >= 4 is 17.4 Å². The highest BCUT2D eigenvalue weighted by Gasteiger charge is 2.48. The second-order valence-corrected chi connectivity index (χ2v) is 5.48. The van der Waals surface area contributed by atoms with Gasteiger partial charge in [0.25, 0.3) is 5.91 Å². The third kappa shape index (κ3) is 2.35. The zero-order valence-corrected chi connectivity index (χ0v) is 11.4. The molecule has 1 heterocycles. The predicted octanol–water partition coefficient (Wildman–Crippen LogP) is 0.988. The first-order valence-corrected chi connectivity index (χ1v) is 6.22. The SMILES string of the molecule is COC1CC(Nc2nc(C(N)=O)ccc2N)C1(C)C. The molecular weight excluding hydrogens is 244 g/mol. The Morgan fingerprint density at radius 3 is 2.74 bits per heavy atom. The number of nitrogens with zero attached hydrogens (tertiary/aromatic N) is 1. The third-order valence-electron chi connectivity index (χ3n) is 3.95. The standard InChI is InChI=1S/C13H20N4O2/c1-13(2)9(6-10(13)19-3)17-12-7(14)4-5-8(16-12)11(15)18/h4-5,9-10H,6,14H2,1-3H3,(H2,15,18)(H,16,17). The van der Waals surface area contributed by atoms with Gasteiger partial charge in [-0.3, -0.25) is 4.79 Å². The fourth-order valence-electron chi connectivity index (χ4n) is 2.42. The number of hydrogen-bond acceptors (Lipinski definition) is 5. The van der Waals surface area contributed by atoms with E-state index in [2.05, 4.69) is 24.1 Å². The van der Waals surface area contributed by atoms with E-state index in [1.807, 2.05) is 0 Å². The molecule has 6 nitrogen and oxygen atoms in total. The number of pyridine rings is 1. The van der Waals surface area contributed by atoms with Gasteiger partial charge in [0.1, 0.15) is 11.5 Å². The minimum absolute atomic E-state index is 0.00833. The normalized spacial score (nSPS) is 24.6. The average molecular weight is 264 g/mol. The summed E-state index contributed by atoms with van der Waals surface area (Å²) in [6, 6.07) is 3.36. The second kappa shape index (κ2) is 4.70. The lowest BCUT2D eigenvalue weighted by Crippen LogP contribution is -2.57. The molecule has 1 amide bonds. The van der Waals surface area contributed by atoms with Gasteiger partial charge >= 0.3 is 0 Å². The number of primary amides is 1. The molecule has 0 bridgehead atoms. The fraction of sp³-hybridized carbons (Fsp3) is 0.538. The summed E-state index contributed by atoms with van der Waals surface area (Å²) < 4.78 is 5.40. The highest BCUT2D eigenvalue weighted by atomic mass is 16.5. The van der Waals surface area contributed by atoms with Gasteiger partial charge in [-0.05, 0) is 18.6 Å². The molecule has 1 aromatic heterocycles. The summed E-state index contributed by atoms with van der Waals surface area (Å²) in [6.45, 7) is 4.24. The number of carbonyl (C=O) groups is 1. The quantitative estimate of drug-likeness (QED) is 0.752. The molecule has 0 aromatic carbocycles. The number of anilines is 2. The van der Waals surface area contributed by atoms with Crippen molar-refractivity contribution in [3.8, 4) is 0 Å². The van der Waals surface area contributed by atoms with Gasteiger partial charge in [0.15, 0.2) is 0 Å². The maximum absolute atomic E-state index is 11.1. The predicted molar refractivity (Wildman–Crippen MR) is 73.8 cm³/mol. The number of nitrogens with one attached hydrogen (secondary N) is 1. The Labute approximate surface area is 112 Å². The number of nitrogens with two attached hydrogens (primary N) is 2. The van der Waals surface area contributed by atoms with Gasteiger partial charge in [-0.25, -0.2) is 4.98 Å². The molecular formula is C13H20N4O2. The van der Waals surface area contributed by atoms with Crippen LogP contribution in [0, 0.1) is 5.41 Å². The molecule has 2 rings (SSSR count). The number of rotatable bonds is 4. The Kier molecular flexibility index (Phi) is 3.36. The van der Waals surface area contributed by atoms with Crippen LogP contribution in [-0.4, -0.2) is 30.1 Å². The number of aromatic nitrogens is 1. The number of amides is 1. The van der Waals surface area contributed by atoms with Crippen molar-refractivity contribution in [2.75, 3.05) is 18.2 Å². The van der Waals surface area contributed by atoms with Crippen LogP contribution >= 0.6 is 0 Å². The molecule has 19 heavy (non-hydrogen) atoms. The lowest BCUT2D eigenvalue weighted by molar-refractivity contribution is -0.0795. The molecule has 1 fully saturated rings. The van der Waals surface area contributed by atoms with Crippen LogP contribution in [0.4, 0.5) is 11.5 Å². The van der Waals surface area contributed by atoms with Crippen molar-refractivity contribution in [3.05, 3.63) is 17.8 Å².